The Hall–Kier alpha value is -0.610. The molecule has 2 atom stereocenters. The smallest absolute Gasteiger partial charge is 0.309 e. The Labute approximate surface area is 136 Å². The lowest BCUT2D eigenvalue weighted by atomic mass is 9.84. The summed E-state index contributed by atoms with van der Waals surface area (Å²) in [5, 5.41) is 13.9. The Morgan fingerprint density at radius 1 is 1.23 bits per heavy atom. The second kappa shape index (κ2) is 7.78. The fourth-order valence-corrected chi connectivity index (χ4v) is 2.88. The van der Waals surface area contributed by atoms with E-state index in [-0.39, 0.29) is 17.8 Å². The van der Waals surface area contributed by atoms with E-state index < -0.39 is 11.2 Å². The third-order valence-electron chi connectivity index (χ3n) is 4.89. The SMILES string of the molecule is CCC(C)C(C)(O)CNC1CCC(C(=O)OC(C)(C)C)CC1. The van der Waals surface area contributed by atoms with Gasteiger partial charge in [-0.1, -0.05) is 20.3 Å². The maximum Gasteiger partial charge on any atom is 0.309 e. The third kappa shape index (κ3) is 6.25. The van der Waals surface area contributed by atoms with E-state index >= 15 is 0 Å². The third-order valence-corrected chi connectivity index (χ3v) is 4.89. The standard InChI is InChI=1S/C18H35NO3/c1-7-13(2)18(6,21)12-19-15-10-8-14(9-11-15)16(20)22-17(3,4)5/h13-15,19,21H,7-12H2,1-6H3. The van der Waals surface area contributed by atoms with Crippen LogP contribution in [0.25, 0.3) is 0 Å². The summed E-state index contributed by atoms with van der Waals surface area (Å²) in [6, 6.07) is 0.397. The minimum absolute atomic E-state index is 0.0346. The Kier molecular flexibility index (Phi) is 6.87. The molecule has 2 unspecified atom stereocenters. The Bertz CT molecular complexity index is 352. The molecule has 4 heteroatoms. The van der Waals surface area contributed by atoms with Crippen molar-refractivity contribution in [3.05, 3.63) is 0 Å². The summed E-state index contributed by atoms with van der Waals surface area (Å²) in [4.78, 5) is 12.1. The zero-order valence-corrected chi connectivity index (χ0v) is 15.2. The van der Waals surface area contributed by atoms with Crippen molar-refractivity contribution in [1.29, 1.82) is 0 Å². The Morgan fingerprint density at radius 2 is 1.77 bits per heavy atom. The van der Waals surface area contributed by atoms with Crippen LogP contribution < -0.4 is 5.32 Å². The van der Waals surface area contributed by atoms with Crippen LogP contribution in [0.5, 0.6) is 0 Å². The second-order valence-corrected chi connectivity index (χ2v) is 8.13. The number of esters is 1. The molecular weight excluding hydrogens is 278 g/mol. The van der Waals surface area contributed by atoms with Gasteiger partial charge in [-0.3, -0.25) is 4.79 Å². The van der Waals surface area contributed by atoms with Gasteiger partial charge < -0.3 is 15.2 Å². The number of rotatable bonds is 6. The van der Waals surface area contributed by atoms with Gasteiger partial charge in [0, 0.05) is 12.6 Å². The van der Waals surface area contributed by atoms with E-state index in [1.807, 2.05) is 27.7 Å². The molecular formula is C18H35NO3. The summed E-state index contributed by atoms with van der Waals surface area (Å²) in [6.07, 6.45) is 4.66. The number of nitrogens with one attached hydrogen (secondary N) is 1. The monoisotopic (exact) mass is 313 g/mol. The Morgan fingerprint density at radius 3 is 2.23 bits per heavy atom. The summed E-state index contributed by atoms with van der Waals surface area (Å²) in [7, 11) is 0. The first-order valence-electron chi connectivity index (χ1n) is 8.73. The Balaban J connectivity index is 2.35. The molecule has 1 fully saturated rings. The quantitative estimate of drug-likeness (QED) is 0.739. The molecule has 1 rings (SSSR count). The van der Waals surface area contributed by atoms with Crippen molar-refractivity contribution in [2.75, 3.05) is 6.54 Å². The molecule has 1 aliphatic carbocycles. The molecule has 0 radical (unpaired) electrons. The molecule has 0 bridgehead atoms. The number of aliphatic hydroxyl groups is 1. The van der Waals surface area contributed by atoms with Crippen molar-refractivity contribution in [3.63, 3.8) is 0 Å². The minimum Gasteiger partial charge on any atom is -0.460 e. The first-order chi connectivity index (χ1) is 10.0. The van der Waals surface area contributed by atoms with E-state index in [1.165, 1.54) is 0 Å². The van der Waals surface area contributed by atoms with Crippen LogP contribution in [0.15, 0.2) is 0 Å². The zero-order chi connectivity index (χ0) is 17.0. The van der Waals surface area contributed by atoms with Gasteiger partial charge in [-0.15, -0.1) is 0 Å². The van der Waals surface area contributed by atoms with E-state index in [4.69, 9.17) is 4.74 Å². The molecule has 0 aromatic rings. The van der Waals surface area contributed by atoms with Crippen LogP contribution in [0.1, 0.15) is 73.6 Å². The number of ether oxygens (including phenoxy) is 1. The maximum atomic E-state index is 12.1. The lowest BCUT2D eigenvalue weighted by Crippen LogP contribution is -2.47. The van der Waals surface area contributed by atoms with Crippen molar-refractivity contribution in [3.8, 4) is 0 Å². The second-order valence-electron chi connectivity index (χ2n) is 8.13. The van der Waals surface area contributed by atoms with Gasteiger partial charge in [-0.25, -0.2) is 0 Å². The van der Waals surface area contributed by atoms with Crippen molar-refractivity contribution >= 4 is 5.97 Å². The largest absolute Gasteiger partial charge is 0.460 e. The van der Waals surface area contributed by atoms with E-state index in [2.05, 4.69) is 19.2 Å². The van der Waals surface area contributed by atoms with Crippen LogP contribution in [0, 0.1) is 11.8 Å². The molecule has 4 nitrogen and oxygen atoms in total. The van der Waals surface area contributed by atoms with Gasteiger partial charge in [0.25, 0.3) is 0 Å². The van der Waals surface area contributed by atoms with Gasteiger partial charge in [0.15, 0.2) is 0 Å². The molecule has 0 saturated heterocycles. The molecule has 22 heavy (non-hydrogen) atoms. The van der Waals surface area contributed by atoms with E-state index in [9.17, 15) is 9.90 Å². The molecule has 0 aromatic heterocycles. The normalized spacial score (nSPS) is 27.0. The van der Waals surface area contributed by atoms with Crippen molar-refractivity contribution < 1.29 is 14.6 Å². The van der Waals surface area contributed by atoms with Crippen LogP contribution in [-0.2, 0) is 9.53 Å². The predicted octanol–water partition coefficient (Wildman–Crippen LogP) is 3.27. The van der Waals surface area contributed by atoms with Gasteiger partial charge in [-0.05, 0) is 59.3 Å². The summed E-state index contributed by atoms with van der Waals surface area (Å²) in [5.41, 5.74) is -1.07. The van der Waals surface area contributed by atoms with Crippen LogP contribution in [0.4, 0.5) is 0 Å². The highest BCUT2D eigenvalue weighted by Gasteiger charge is 2.32. The molecule has 0 amide bonds. The molecule has 0 aliphatic heterocycles. The molecule has 1 aliphatic rings. The first-order valence-corrected chi connectivity index (χ1v) is 8.73. The average Bonchev–Trinajstić information content (AvgIpc) is 2.43. The van der Waals surface area contributed by atoms with Gasteiger partial charge in [0.05, 0.1) is 11.5 Å². The molecule has 0 spiro atoms. The predicted molar refractivity (Wildman–Crippen MR) is 89.7 cm³/mol. The molecule has 2 N–H and O–H groups in total. The van der Waals surface area contributed by atoms with E-state index in [0.717, 1.165) is 32.1 Å². The lowest BCUT2D eigenvalue weighted by molar-refractivity contribution is -0.161. The van der Waals surface area contributed by atoms with Crippen LogP contribution in [-0.4, -0.2) is 34.9 Å². The summed E-state index contributed by atoms with van der Waals surface area (Å²) in [5.74, 6) is 0.253. The topological polar surface area (TPSA) is 58.6 Å². The van der Waals surface area contributed by atoms with Gasteiger partial charge in [0.1, 0.15) is 5.60 Å². The summed E-state index contributed by atoms with van der Waals surface area (Å²) in [6.45, 7) is 12.4. The highest BCUT2D eigenvalue weighted by molar-refractivity contribution is 5.73. The van der Waals surface area contributed by atoms with Crippen LogP contribution in [0.3, 0.4) is 0 Å². The van der Waals surface area contributed by atoms with Crippen LogP contribution in [0.2, 0.25) is 0 Å². The average molecular weight is 313 g/mol. The fraction of sp³-hybridized carbons (Fsp3) is 0.944. The number of hydrogen-bond acceptors (Lipinski definition) is 4. The summed E-state index contributed by atoms with van der Waals surface area (Å²) >= 11 is 0. The number of hydrogen-bond donors (Lipinski definition) is 2. The molecule has 130 valence electrons. The van der Waals surface area contributed by atoms with Crippen molar-refractivity contribution in [1.82, 2.24) is 5.32 Å². The highest BCUT2D eigenvalue weighted by atomic mass is 16.6. The van der Waals surface area contributed by atoms with Crippen LogP contribution >= 0.6 is 0 Å². The van der Waals surface area contributed by atoms with Gasteiger partial charge in [0.2, 0.25) is 0 Å². The number of carbonyl (C=O) groups excluding carboxylic acids is 1. The molecule has 0 heterocycles. The van der Waals surface area contributed by atoms with Crippen molar-refractivity contribution in [2.45, 2.75) is 90.9 Å². The minimum atomic E-state index is -0.670. The lowest BCUT2D eigenvalue weighted by Gasteiger charge is -2.34. The first kappa shape index (κ1) is 19.4. The van der Waals surface area contributed by atoms with Crippen molar-refractivity contribution in [2.24, 2.45) is 11.8 Å². The fourth-order valence-electron chi connectivity index (χ4n) is 2.88. The van der Waals surface area contributed by atoms with E-state index in [1.54, 1.807) is 0 Å². The molecule has 0 aromatic carbocycles. The molecule has 1 saturated carbocycles. The van der Waals surface area contributed by atoms with E-state index in [0.29, 0.717) is 12.6 Å². The van der Waals surface area contributed by atoms with Gasteiger partial charge in [-0.2, -0.15) is 0 Å². The van der Waals surface area contributed by atoms with Gasteiger partial charge >= 0.3 is 5.97 Å². The maximum absolute atomic E-state index is 12.1. The zero-order valence-electron chi connectivity index (χ0n) is 15.2. The highest BCUT2D eigenvalue weighted by Crippen LogP contribution is 2.27. The number of carbonyl (C=O) groups is 1. The summed E-state index contributed by atoms with van der Waals surface area (Å²) < 4.78 is 5.47.